The van der Waals surface area contributed by atoms with E-state index in [9.17, 15) is 10.2 Å². The highest BCUT2D eigenvalue weighted by atomic mass is 35.5. The van der Waals surface area contributed by atoms with Gasteiger partial charge in [-0.2, -0.15) is 0 Å². The second kappa shape index (κ2) is 6.82. The number of ether oxygens (including phenoxy) is 2. The van der Waals surface area contributed by atoms with Crippen LogP contribution in [0.25, 0.3) is 0 Å². The molecule has 1 aliphatic heterocycles. The molecule has 0 spiro atoms. The third kappa shape index (κ3) is 3.29. The van der Waals surface area contributed by atoms with Gasteiger partial charge in [-0.3, -0.25) is 0 Å². The molecule has 0 saturated carbocycles. The van der Waals surface area contributed by atoms with E-state index in [1.54, 1.807) is 24.3 Å². The SMILES string of the molecule is OC[C@@H](O)[C@H]1OC(c2cccc(Cl)c2)O[C@@H]1[C@@H](O)CO. The summed E-state index contributed by atoms with van der Waals surface area (Å²) in [6.45, 7) is -1.07. The Balaban J connectivity index is 2.18. The first-order valence-corrected chi connectivity index (χ1v) is 6.59. The lowest BCUT2D eigenvalue weighted by Gasteiger charge is -2.23. The maximum absolute atomic E-state index is 9.72. The number of rotatable bonds is 5. The molecular formula is C13H17ClO6. The van der Waals surface area contributed by atoms with Gasteiger partial charge in [0.2, 0.25) is 0 Å². The summed E-state index contributed by atoms with van der Waals surface area (Å²) in [5.41, 5.74) is 0.625. The van der Waals surface area contributed by atoms with Gasteiger partial charge in [-0.1, -0.05) is 23.7 Å². The van der Waals surface area contributed by atoms with Gasteiger partial charge < -0.3 is 29.9 Å². The predicted molar refractivity (Wildman–Crippen MR) is 70.1 cm³/mol. The summed E-state index contributed by atoms with van der Waals surface area (Å²) in [5.74, 6) is 0. The van der Waals surface area contributed by atoms with Gasteiger partial charge in [-0.05, 0) is 12.1 Å². The van der Waals surface area contributed by atoms with Gasteiger partial charge in [0.15, 0.2) is 6.29 Å². The zero-order valence-electron chi connectivity index (χ0n) is 10.6. The average Bonchev–Trinajstić information content (AvgIpc) is 2.90. The molecule has 4 N–H and O–H groups in total. The maximum atomic E-state index is 9.72. The van der Waals surface area contributed by atoms with E-state index in [0.717, 1.165) is 0 Å². The zero-order valence-corrected chi connectivity index (χ0v) is 11.3. The zero-order chi connectivity index (χ0) is 14.7. The third-order valence-electron chi connectivity index (χ3n) is 3.14. The van der Waals surface area contributed by atoms with Crippen LogP contribution in [0.4, 0.5) is 0 Å². The molecule has 0 aromatic heterocycles. The molecule has 2 rings (SSSR count). The number of benzene rings is 1. The van der Waals surface area contributed by atoms with Gasteiger partial charge in [-0.15, -0.1) is 0 Å². The van der Waals surface area contributed by atoms with Crippen molar-refractivity contribution in [2.45, 2.75) is 30.7 Å². The van der Waals surface area contributed by atoms with E-state index in [0.29, 0.717) is 10.6 Å². The van der Waals surface area contributed by atoms with Crippen LogP contribution in [0.1, 0.15) is 11.9 Å². The molecule has 0 bridgehead atoms. The fourth-order valence-electron chi connectivity index (χ4n) is 2.11. The molecule has 7 heteroatoms. The van der Waals surface area contributed by atoms with Crippen molar-refractivity contribution in [3.05, 3.63) is 34.9 Å². The second-order valence-electron chi connectivity index (χ2n) is 4.59. The Morgan fingerprint density at radius 1 is 1.05 bits per heavy atom. The first-order chi connectivity index (χ1) is 9.56. The van der Waals surface area contributed by atoms with Gasteiger partial charge in [-0.25, -0.2) is 0 Å². The standard InChI is InChI=1S/C13H17ClO6/c14-8-3-1-2-7(4-8)13-19-11(9(17)5-15)12(20-13)10(18)6-16/h1-4,9-13,15-18H,5-6H2/t9-,10+,11-,12-,13?/m1/s1. The van der Waals surface area contributed by atoms with Crippen molar-refractivity contribution in [3.63, 3.8) is 0 Å². The first-order valence-electron chi connectivity index (χ1n) is 6.21. The molecule has 1 unspecified atom stereocenters. The smallest absolute Gasteiger partial charge is 0.185 e. The molecule has 0 radical (unpaired) electrons. The minimum absolute atomic E-state index is 0.500. The number of hydrogen-bond donors (Lipinski definition) is 4. The Morgan fingerprint density at radius 2 is 1.60 bits per heavy atom. The monoisotopic (exact) mass is 304 g/mol. The van der Waals surface area contributed by atoms with Crippen LogP contribution < -0.4 is 0 Å². The molecule has 1 fully saturated rings. The summed E-state index contributed by atoms with van der Waals surface area (Å²) < 4.78 is 11.1. The van der Waals surface area contributed by atoms with E-state index in [1.807, 2.05) is 0 Å². The van der Waals surface area contributed by atoms with Crippen molar-refractivity contribution in [1.29, 1.82) is 0 Å². The summed E-state index contributed by atoms with van der Waals surface area (Å²) in [4.78, 5) is 0. The van der Waals surface area contributed by atoms with Gasteiger partial charge >= 0.3 is 0 Å². The molecule has 1 saturated heterocycles. The molecule has 112 valence electrons. The molecule has 1 aliphatic rings. The maximum Gasteiger partial charge on any atom is 0.185 e. The van der Waals surface area contributed by atoms with Crippen LogP contribution >= 0.6 is 11.6 Å². The van der Waals surface area contributed by atoms with Crippen molar-refractivity contribution in [1.82, 2.24) is 0 Å². The Hall–Kier alpha value is -0.730. The minimum Gasteiger partial charge on any atom is -0.394 e. The lowest BCUT2D eigenvalue weighted by Crippen LogP contribution is -2.45. The van der Waals surface area contributed by atoms with E-state index in [1.165, 1.54) is 0 Å². The summed E-state index contributed by atoms with van der Waals surface area (Å²) in [5, 5.41) is 38.0. The van der Waals surface area contributed by atoms with E-state index < -0.39 is 43.9 Å². The topological polar surface area (TPSA) is 99.4 Å². The van der Waals surface area contributed by atoms with Crippen LogP contribution in [0, 0.1) is 0 Å². The van der Waals surface area contributed by atoms with Crippen LogP contribution in [0.3, 0.4) is 0 Å². The fraction of sp³-hybridized carbons (Fsp3) is 0.538. The molecule has 1 aromatic rings. The highest BCUT2D eigenvalue weighted by Crippen LogP contribution is 2.35. The number of hydrogen-bond acceptors (Lipinski definition) is 6. The van der Waals surface area contributed by atoms with Crippen molar-refractivity contribution in [2.75, 3.05) is 13.2 Å². The fourth-order valence-corrected chi connectivity index (χ4v) is 2.31. The molecule has 0 aliphatic carbocycles. The van der Waals surface area contributed by atoms with Crippen molar-refractivity contribution >= 4 is 11.6 Å². The van der Waals surface area contributed by atoms with Crippen molar-refractivity contribution in [2.24, 2.45) is 0 Å². The Labute approximate surface area is 121 Å². The van der Waals surface area contributed by atoms with E-state index in [4.69, 9.17) is 31.3 Å². The van der Waals surface area contributed by atoms with E-state index in [2.05, 4.69) is 0 Å². The Kier molecular flexibility index (Phi) is 5.34. The van der Waals surface area contributed by atoms with Gasteiger partial charge in [0.1, 0.15) is 24.4 Å². The molecule has 6 nitrogen and oxygen atoms in total. The van der Waals surface area contributed by atoms with Gasteiger partial charge in [0.25, 0.3) is 0 Å². The third-order valence-corrected chi connectivity index (χ3v) is 3.37. The quantitative estimate of drug-likeness (QED) is 0.603. The van der Waals surface area contributed by atoms with Gasteiger partial charge in [0, 0.05) is 10.6 Å². The highest BCUT2D eigenvalue weighted by molar-refractivity contribution is 6.30. The second-order valence-corrected chi connectivity index (χ2v) is 5.02. The van der Waals surface area contributed by atoms with Crippen LogP contribution in [0.15, 0.2) is 24.3 Å². The average molecular weight is 305 g/mol. The minimum atomic E-state index is -1.22. The highest BCUT2D eigenvalue weighted by Gasteiger charge is 2.44. The predicted octanol–water partition coefficient (Wildman–Crippen LogP) is -0.171. The van der Waals surface area contributed by atoms with Crippen LogP contribution in [0.2, 0.25) is 5.02 Å². The van der Waals surface area contributed by atoms with Gasteiger partial charge in [0.05, 0.1) is 13.2 Å². The molecule has 0 amide bonds. The first kappa shape index (κ1) is 15.7. The molecule has 5 atom stereocenters. The lowest BCUT2D eigenvalue weighted by molar-refractivity contribution is -0.0957. The van der Waals surface area contributed by atoms with E-state index >= 15 is 0 Å². The Morgan fingerprint density at radius 3 is 2.05 bits per heavy atom. The summed E-state index contributed by atoms with van der Waals surface area (Å²) >= 11 is 5.89. The summed E-state index contributed by atoms with van der Waals surface area (Å²) in [6.07, 6.45) is -5.14. The number of halogens is 1. The van der Waals surface area contributed by atoms with Crippen LogP contribution in [0.5, 0.6) is 0 Å². The lowest BCUT2D eigenvalue weighted by atomic mass is 10.0. The normalized spacial score (nSPS) is 29.4. The summed E-state index contributed by atoms with van der Waals surface area (Å²) in [6, 6.07) is 6.78. The molecule has 20 heavy (non-hydrogen) atoms. The molecular weight excluding hydrogens is 288 g/mol. The summed E-state index contributed by atoms with van der Waals surface area (Å²) in [7, 11) is 0. The number of aliphatic hydroxyl groups excluding tert-OH is 4. The molecule has 1 heterocycles. The number of aliphatic hydroxyl groups is 4. The Bertz CT molecular complexity index is 425. The van der Waals surface area contributed by atoms with E-state index in [-0.39, 0.29) is 0 Å². The van der Waals surface area contributed by atoms with Crippen molar-refractivity contribution in [3.8, 4) is 0 Å². The largest absolute Gasteiger partial charge is 0.394 e. The van der Waals surface area contributed by atoms with Crippen LogP contribution in [-0.2, 0) is 9.47 Å². The van der Waals surface area contributed by atoms with Crippen molar-refractivity contribution < 1.29 is 29.9 Å². The molecule has 1 aromatic carbocycles. The van der Waals surface area contributed by atoms with Crippen LogP contribution in [-0.4, -0.2) is 58.1 Å².